The Bertz CT molecular complexity index is 943. The maximum absolute atomic E-state index is 12.2. The van der Waals surface area contributed by atoms with Crippen LogP contribution >= 0.6 is 0 Å². The molecule has 2 amide bonds. The van der Waals surface area contributed by atoms with Gasteiger partial charge in [0.05, 0.1) is 0 Å². The van der Waals surface area contributed by atoms with Crippen LogP contribution in [-0.2, 0) is 14.3 Å². The second kappa shape index (κ2) is 11.5. The van der Waals surface area contributed by atoms with E-state index in [0.29, 0.717) is 19.4 Å². The number of hydrogen-bond acceptors (Lipinski definition) is 4. The molecule has 7 nitrogen and oxygen atoms in total. The summed E-state index contributed by atoms with van der Waals surface area (Å²) in [6.45, 7) is 4.25. The Labute approximate surface area is 194 Å². The number of alkyl carbamates (subject to hydrolysis) is 1. The smallest absolute Gasteiger partial charge is 0.407 e. The molecule has 0 aromatic heterocycles. The zero-order chi connectivity index (χ0) is 23.8. The van der Waals surface area contributed by atoms with E-state index in [2.05, 4.69) is 34.9 Å². The normalized spacial score (nSPS) is 13.2. The number of aliphatic carboxylic acids is 1. The minimum atomic E-state index is -1.02. The van der Waals surface area contributed by atoms with Crippen LogP contribution in [0.5, 0.6) is 0 Å². The van der Waals surface area contributed by atoms with E-state index < -0.39 is 18.1 Å². The van der Waals surface area contributed by atoms with E-state index in [-0.39, 0.29) is 30.8 Å². The van der Waals surface area contributed by atoms with Crippen LogP contribution < -0.4 is 10.6 Å². The Kier molecular flexibility index (Phi) is 8.46. The number of nitrogens with one attached hydrogen (secondary N) is 2. The lowest BCUT2D eigenvalue weighted by molar-refractivity contribution is -0.143. The molecule has 33 heavy (non-hydrogen) atoms. The van der Waals surface area contributed by atoms with E-state index in [9.17, 15) is 14.4 Å². The highest BCUT2D eigenvalue weighted by atomic mass is 16.5. The van der Waals surface area contributed by atoms with Crippen molar-refractivity contribution >= 4 is 18.0 Å². The first-order chi connectivity index (χ1) is 15.9. The number of amides is 2. The minimum absolute atomic E-state index is 0.0297. The molecule has 2 aromatic carbocycles. The average Bonchev–Trinajstić information content (AvgIpc) is 3.11. The fourth-order valence-corrected chi connectivity index (χ4v) is 4.19. The standard InChI is InChI=1S/C26H32N2O5/c1-17(2)24(25(30)31)28-23(29)14-4-3-9-15-27-26(32)33-16-22-20-12-7-5-10-18(20)19-11-6-8-13-21(19)22/h5-8,10-13,17,22,24H,3-4,9,14-16H2,1-2H3,(H,27,32)(H,28,29)(H,30,31)/t24-/m1/s1. The third kappa shape index (κ3) is 6.34. The molecule has 0 aliphatic heterocycles. The lowest BCUT2D eigenvalue weighted by Gasteiger charge is -2.17. The van der Waals surface area contributed by atoms with Crippen LogP contribution in [0.3, 0.4) is 0 Å². The van der Waals surface area contributed by atoms with Crippen molar-refractivity contribution in [3.05, 3.63) is 59.7 Å². The SMILES string of the molecule is CC(C)[C@@H](NC(=O)CCCCCNC(=O)OCC1c2ccccc2-c2ccccc21)C(=O)O. The number of unbranched alkanes of at least 4 members (excludes halogenated alkanes) is 2. The molecule has 3 N–H and O–H groups in total. The van der Waals surface area contributed by atoms with Crippen molar-refractivity contribution in [3.8, 4) is 11.1 Å². The summed E-state index contributed by atoms with van der Waals surface area (Å²) in [5.41, 5.74) is 4.73. The van der Waals surface area contributed by atoms with Gasteiger partial charge in [-0.15, -0.1) is 0 Å². The maximum atomic E-state index is 12.2. The van der Waals surface area contributed by atoms with Gasteiger partial charge < -0.3 is 20.5 Å². The zero-order valence-corrected chi connectivity index (χ0v) is 19.2. The van der Waals surface area contributed by atoms with Crippen molar-refractivity contribution in [2.24, 2.45) is 5.92 Å². The van der Waals surface area contributed by atoms with Crippen molar-refractivity contribution in [2.45, 2.75) is 51.5 Å². The first kappa shape index (κ1) is 24.3. The molecule has 0 saturated carbocycles. The number of benzene rings is 2. The Morgan fingerprint density at radius 3 is 2.12 bits per heavy atom. The van der Waals surface area contributed by atoms with Crippen LogP contribution in [0.1, 0.15) is 56.6 Å². The zero-order valence-electron chi connectivity index (χ0n) is 19.2. The Morgan fingerprint density at radius 1 is 0.939 bits per heavy atom. The molecule has 1 aliphatic rings. The number of hydrogen-bond donors (Lipinski definition) is 3. The molecule has 0 bridgehead atoms. The molecular formula is C26H32N2O5. The van der Waals surface area contributed by atoms with Crippen molar-refractivity contribution in [1.82, 2.24) is 10.6 Å². The van der Waals surface area contributed by atoms with Crippen molar-refractivity contribution in [3.63, 3.8) is 0 Å². The largest absolute Gasteiger partial charge is 0.480 e. The van der Waals surface area contributed by atoms with Gasteiger partial charge in [-0.3, -0.25) is 4.79 Å². The molecule has 0 heterocycles. The Balaban J connectivity index is 1.34. The molecule has 3 rings (SSSR count). The second-order valence-corrected chi connectivity index (χ2v) is 8.69. The summed E-state index contributed by atoms with van der Waals surface area (Å²) in [5, 5.41) is 14.4. The molecule has 1 aliphatic carbocycles. The number of carbonyl (C=O) groups excluding carboxylic acids is 2. The number of carbonyl (C=O) groups is 3. The molecule has 0 spiro atoms. The predicted octanol–water partition coefficient (Wildman–Crippen LogP) is 4.31. The highest BCUT2D eigenvalue weighted by Crippen LogP contribution is 2.44. The monoisotopic (exact) mass is 452 g/mol. The topological polar surface area (TPSA) is 105 Å². The van der Waals surface area contributed by atoms with E-state index in [0.717, 1.165) is 6.42 Å². The van der Waals surface area contributed by atoms with Gasteiger partial charge in [0.15, 0.2) is 0 Å². The quantitative estimate of drug-likeness (QED) is 0.441. The summed E-state index contributed by atoms with van der Waals surface area (Å²) in [6, 6.07) is 15.5. The van der Waals surface area contributed by atoms with E-state index >= 15 is 0 Å². The van der Waals surface area contributed by atoms with Crippen molar-refractivity contribution in [1.29, 1.82) is 0 Å². The first-order valence-corrected chi connectivity index (χ1v) is 11.5. The molecule has 0 radical (unpaired) electrons. The molecule has 176 valence electrons. The van der Waals surface area contributed by atoms with Gasteiger partial charge in [-0.25, -0.2) is 9.59 Å². The van der Waals surface area contributed by atoms with Gasteiger partial charge >= 0.3 is 12.1 Å². The van der Waals surface area contributed by atoms with Gasteiger partial charge in [-0.2, -0.15) is 0 Å². The van der Waals surface area contributed by atoms with Crippen LogP contribution in [0.25, 0.3) is 11.1 Å². The van der Waals surface area contributed by atoms with E-state index in [1.165, 1.54) is 22.3 Å². The molecule has 7 heteroatoms. The van der Waals surface area contributed by atoms with E-state index in [1.807, 2.05) is 24.3 Å². The average molecular weight is 453 g/mol. The van der Waals surface area contributed by atoms with Crippen molar-refractivity contribution in [2.75, 3.05) is 13.2 Å². The van der Waals surface area contributed by atoms with Crippen molar-refractivity contribution < 1.29 is 24.2 Å². The molecule has 2 aromatic rings. The van der Waals surface area contributed by atoms with E-state index in [1.54, 1.807) is 13.8 Å². The van der Waals surface area contributed by atoms with Crippen LogP contribution in [0.2, 0.25) is 0 Å². The highest BCUT2D eigenvalue weighted by molar-refractivity contribution is 5.83. The summed E-state index contributed by atoms with van der Waals surface area (Å²) in [6.07, 6.45) is 1.90. The summed E-state index contributed by atoms with van der Waals surface area (Å²) in [4.78, 5) is 35.2. The van der Waals surface area contributed by atoms with Gasteiger partial charge in [-0.05, 0) is 41.0 Å². The van der Waals surface area contributed by atoms with Crippen LogP contribution in [-0.4, -0.2) is 42.3 Å². The molecular weight excluding hydrogens is 420 g/mol. The van der Waals surface area contributed by atoms with Crippen LogP contribution in [0, 0.1) is 5.92 Å². The fourth-order valence-electron chi connectivity index (χ4n) is 4.19. The Morgan fingerprint density at radius 2 is 1.55 bits per heavy atom. The number of ether oxygens (including phenoxy) is 1. The Hall–Kier alpha value is -3.35. The molecule has 0 unspecified atom stereocenters. The molecule has 0 fully saturated rings. The summed E-state index contributed by atoms with van der Waals surface area (Å²) >= 11 is 0. The van der Waals surface area contributed by atoms with Gasteiger partial charge in [0.2, 0.25) is 5.91 Å². The lowest BCUT2D eigenvalue weighted by atomic mass is 9.98. The lowest BCUT2D eigenvalue weighted by Crippen LogP contribution is -2.44. The fraction of sp³-hybridized carbons (Fsp3) is 0.423. The first-order valence-electron chi connectivity index (χ1n) is 11.5. The van der Waals surface area contributed by atoms with Gasteiger partial charge in [0.25, 0.3) is 0 Å². The van der Waals surface area contributed by atoms with Gasteiger partial charge in [0.1, 0.15) is 12.6 Å². The third-order valence-electron chi connectivity index (χ3n) is 5.94. The maximum Gasteiger partial charge on any atom is 0.407 e. The number of carboxylic acid groups (broad SMARTS) is 1. The van der Waals surface area contributed by atoms with E-state index in [4.69, 9.17) is 9.84 Å². The summed E-state index contributed by atoms with van der Waals surface area (Å²) < 4.78 is 5.50. The third-order valence-corrected chi connectivity index (χ3v) is 5.94. The van der Waals surface area contributed by atoms with Crippen LogP contribution in [0.15, 0.2) is 48.5 Å². The summed E-state index contributed by atoms with van der Waals surface area (Å²) in [5.74, 6) is -1.43. The highest BCUT2D eigenvalue weighted by Gasteiger charge is 2.29. The summed E-state index contributed by atoms with van der Waals surface area (Å²) in [7, 11) is 0. The second-order valence-electron chi connectivity index (χ2n) is 8.69. The van der Waals surface area contributed by atoms with Crippen LogP contribution in [0.4, 0.5) is 4.79 Å². The minimum Gasteiger partial charge on any atom is -0.480 e. The number of fused-ring (bicyclic) bond motifs is 3. The number of carboxylic acids is 1. The van der Waals surface area contributed by atoms with Gasteiger partial charge in [-0.1, -0.05) is 68.8 Å². The van der Waals surface area contributed by atoms with Gasteiger partial charge in [0, 0.05) is 18.9 Å². The number of rotatable bonds is 11. The predicted molar refractivity (Wildman–Crippen MR) is 126 cm³/mol. The molecule has 1 atom stereocenters. The molecule has 0 saturated heterocycles.